The predicted molar refractivity (Wildman–Crippen MR) is 73.4 cm³/mol. The van der Waals surface area contributed by atoms with E-state index in [1.165, 1.54) is 6.08 Å². The summed E-state index contributed by atoms with van der Waals surface area (Å²) >= 11 is 0. The number of alkyl halides is 2. The average molecular weight is 276 g/mol. The van der Waals surface area contributed by atoms with Gasteiger partial charge in [0.25, 0.3) is 0 Å². The first kappa shape index (κ1) is 18.1. The van der Waals surface area contributed by atoms with Crippen LogP contribution in [0.2, 0.25) is 0 Å². The summed E-state index contributed by atoms with van der Waals surface area (Å²) in [4.78, 5) is 11.9. The minimum Gasteiger partial charge on any atom is -0.512 e. The fraction of sp³-hybridized carbons (Fsp3) is 0.800. The fourth-order valence-corrected chi connectivity index (χ4v) is 2.40. The standard InChI is InChI=1S/C15H26F2O2/c1-5-11(9-14(16)17)12(18)10-13(19)15(6-2,7-3)8-4/h10-11,14,19H,5-9H2,1-4H3/b13-10-. The molecule has 0 amide bonds. The van der Waals surface area contributed by atoms with Gasteiger partial charge in [-0.05, 0) is 25.7 Å². The van der Waals surface area contributed by atoms with Crippen LogP contribution in [-0.2, 0) is 4.79 Å². The van der Waals surface area contributed by atoms with Gasteiger partial charge in [0.2, 0.25) is 6.43 Å². The SMILES string of the molecule is CCC(CC(F)F)C(=O)/C=C(\O)C(CC)(CC)CC. The summed E-state index contributed by atoms with van der Waals surface area (Å²) in [6, 6.07) is 0. The van der Waals surface area contributed by atoms with Crippen molar-refractivity contribution in [2.24, 2.45) is 11.3 Å². The van der Waals surface area contributed by atoms with Gasteiger partial charge in [-0.25, -0.2) is 8.78 Å². The Hall–Kier alpha value is -0.930. The van der Waals surface area contributed by atoms with Gasteiger partial charge in [0.15, 0.2) is 5.78 Å². The Morgan fingerprint density at radius 1 is 1.16 bits per heavy atom. The number of allylic oxidation sites excluding steroid dienone is 2. The number of carbonyl (C=O) groups is 1. The lowest BCUT2D eigenvalue weighted by molar-refractivity contribution is -0.119. The summed E-state index contributed by atoms with van der Waals surface area (Å²) in [5.41, 5.74) is -0.404. The van der Waals surface area contributed by atoms with Gasteiger partial charge in [-0.1, -0.05) is 27.7 Å². The summed E-state index contributed by atoms with van der Waals surface area (Å²) in [5.74, 6) is -1.05. The van der Waals surface area contributed by atoms with Crippen molar-refractivity contribution in [3.8, 4) is 0 Å². The number of ketones is 1. The van der Waals surface area contributed by atoms with Crippen LogP contribution in [0.4, 0.5) is 8.78 Å². The molecule has 19 heavy (non-hydrogen) atoms. The smallest absolute Gasteiger partial charge is 0.239 e. The molecule has 0 heterocycles. The minimum atomic E-state index is -2.49. The molecule has 0 aliphatic rings. The Morgan fingerprint density at radius 3 is 1.95 bits per heavy atom. The second kappa shape index (κ2) is 8.28. The maximum atomic E-state index is 12.4. The molecule has 1 unspecified atom stereocenters. The third kappa shape index (κ3) is 4.92. The number of hydrogen-bond donors (Lipinski definition) is 1. The number of aliphatic hydroxyl groups excluding tert-OH is 1. The largest absolute Gasteiger partial charge is 0.512 e. The molecule has 0 aromatic heterocycles. The van der Waals surface area contributed by atoms with Crippen molar-refractivity contribution in [1.82, 2.24) is 0 Å². The van der Waals surface area contributed by atoms with Gasteiger partial charge in [0.05, 0.1) is 0 Å². The number of aliphatic hydroxyl groups is 1. The van der Waals surface area contributed by atoms with Gasteiger partial charge in [-0.3, -0.25) is 4.79 Å². The average Bonchev–Trinajstić information content (AvgIpc) is 2.38. The molecule has 0 aliphatic carbocycles. The molecule has 2 nitrogen and oxygen atoms in total. The molecule has 112 valence electrons. The zero-order chi connectivity index (χ0) is 15.1. The quantitative estimate of drug-likeness (QED) is 0.480. The molecule has 0 bridgehead atoms. The Balaban J connectivity index is 5.04. The first-order chi connectivity index (χ1) is 8.86. The van der Waals surface area contributed by atoms with Gasteiger partial charge >= 0.3 is 0 Å². The lowest BCUT2D eigenvalue weighted by atomic mass is 9.77. The van der Waals surface area contributed by atoms with Crippen LogP contribution >= 0.6 is 0 Å². The Morgan fingerprint density at radius 2 is 1.63 bits per heavy atom. The maximum absolute atomic E-state index is 12.4. The molecular formula is C15H26F2O2. The van der Waals surface area contributed by atoms with Crippen LogP contribution < -0.4 is 0 Å². The lowest BCUT2D eigenvalue weighted by Gasteiger charge is -2.29. The first-order valence-corrected chi connectivity index (χ1v) is 7.09. The van der Waals surface area contributed by atoms with E-state index in [1.807, 2.05) is 20.8 Å². The second-order valence-electron chi connectivity index (χ2n) is 5.00. The van der Waals surface area contributed by atoms with Gasteiger partial charge in [0.1, 0.15) is 5.76 Å². The van der Waals surface area contributed by atoms with E-state index < -0.39 is 24.2 Å². The second-order valence-corrected chi connectivity index (χ2v) is 5.00. The molecule has 0 fully saturated rings. The molecule has 0 spiro atoms. The Kier molecular flexibility index (Phi) is 7.88. The zero-order valence-electron chi connectivity index (χ0n) is 12.4. The van der Waals surface area contributed by atoms with Gasteiger partial charge in [-0.15, -0.1) is 0 Å². The Labute approximate surface area is 114 Å². The highest BCUT2D eigenvalue weighted by molar-refractivity contribution is 5.92. The fourth-order valence-electron chi connectivity index (χ4n) is 2.40. The highest BCUT2D eigenvalue weighted by atomic mass is 19.3. The van der Waals surface area contributed by atoms with E-state index in [4.69, 9.17) is 0 Å². The van der Waals surface area contributed by atoms with Crippen LogP contribution in [0, 0.1) is 11.3 Å². The molecule has 0 aromatic carbocycles. The molecule has 0 aromatic rings. The third-order valence-electron chi connectivity index (χ3n) is 4.21. The highest BCUT2D eigenvalue weighted by Gasteiger charge is 2.30. The maximum Gasteiger partial charge on any atom is 0.239 e. The Bertz CT molecular complexity index is 299. The molecule has 0 saturated carbocycles. The summed E-state index contributed by atoms with van der Waals surface area (Å²) < 4.78 is 24.7. The van der Waals surface area contributed by atoms with Crippen molar-refractivity contribution in [2.45, 2.75) is 66.2 Å². The van der Waals surface area contributed by atoms with E-state index >= 15 is 0 Å². The molecule has 1 N–H and O–H groups in total. The summed E-state index contributed by atoms with van der Waals surface area (Å²) in [6.07, 6.45) is 0.787. The highest BCUT2D eigenvalue weighted by Crippen LogP contribution is 2.37. The number of hydrogen-bond acceptors (Lipinski definition) is 2. The van der Waals surface area contributed by atoms with E-state index in [1.54, 1.807) is 6.92 Å². The minimum absolute atomic E-state index is 0.0396. The zero-order valence-corrected chi connectivity index (χ0v) is 12.4. The van der Waals surface area contributed by atoms with Gasteiger partial charge in [0, 0.05) is 23.8 Å². The van der Waals surface area contributed by atoms with Crippen molar-refractivity contribution in [1.29, 1.82) is 0 Å². The van der Waals surface area contributed by atoms with Crippen molar-refractivity contribution < 1.29 is 18.7 Å². The summed E-state index contributed by atoms with van der Waals surface area (Å²) in [7, 11) is 0. The van der Waals surface area contributed by atoms with Crippen LogP contribution in [0.15, 0.2) is 11.8 Å². The van der Waals surface area contributed by atoms with E-state index in [0.29, 0.717) is 6.42 Å². The van der Waals surface area contributed by atoms with E-state index in [-0.39, 0.29) is 11.5 Å². The number of halogens is 2. The van der Waals surface area contributed by atoms with E-state index in [0.717, 1.165) is 19.3 Å². The molecule has 1 atom stereocenters. The van der Waals surface area contributed by atoms with E-state index in [2.05, 4.69) is 0 Å². The number of carbonyl (C=O) groups excluding carboxylic acids is 1. The predicted octanol–water partition coefficient (Wildman–Crippen LogP) is 4.90. The van der Waals surface area contributed by atoms with Crippen molar-refractivity contribution in [3.63, 3.8) is 0 Å². The van der Waals surface area contributed by atoms with Crippen molar-refractivity contribution >= 4 is 5.78 Å². The van der Waals surface area contributed by atoms with Crippen molar-refractivity contribution in [2.75, 3.05) is 0 Å². The molecule has 0 rings (SSSR count). The van der Waals surface area contributed by atoms with Crippen LogP contribution in [0.25, 0.3) is 0 Å². The van der Waals surface area contributed by atoms with Crippen LogP contribution in [0.5, 0.6) is 0 Å². The molecule has 0 saturated heterocycles. The third-order valence-corrected chi connectivity index (χ3v) is 4.21. The number of rotatable bonds is 9. The lowest BCUT2D eigenvalue weighted by Crippen LogP contribution is -2.23. The summed E-state index contributed by atoms with van der Waals surface area (Å²) in [5, 5.41) is 10.2. The topological polar surface area (TPSA) is 37.3 Å². The van der Waals surface area contributed by atoms with Gasteiger partial charge in [-0.2, -0.15) is 0 Å². The molecule has 0 radical (unpaired) electrons. The van der Waals surface area contributed by atoms with Crippen LogP contribution in [-0.4, -0.2) is 17.3 Å². The molecule has 0 aliphatic heterocycles. The molecule has 4 heteroatoms. The van der Waals surface area contributed by atoms with Crippen molar-refractivity contribution in [3.05, 3.63) is 11.8 Å². The molecular weight excluding hydrogens is 250 g/mol. The normalized spacial score (nSPS) is 14.8. The van der Waals surface area contributed by atoms with E-state index in [9.17, 15) is 18.7 Å². The van der Waals surface area contributed by atoms with Gasteiger partial charge < -0.3 is 5.11 Å². The van der Waals surface area contributed by atoms with Crippen LogP contribution in [0.1, 0.15) is 59.8 Å². The monoisotopic (exact) mass is 276 g/mol. The first-order valence-electron chi connectivity index (χ1n) is 7.09. The van der Waals surface area contributed by atoms with Crippen LogP contribution in [0.3, 0.4) is 0 Å². The summed E-state index contributed by atoms with van der Waals surface area (Å²) in [6.45, 7) is 7.58.